The summed E-state index contributed by atoms with van der Waals surface area (Å²) in [5, 5.41) is 26.8. The summed E-state index contributed by atoms with van der Waals surface area (Å²) in [6.07, 6.45) is 0. The van der Waals surface area contributed by atoms with Gasteiger partial charge in [0.1, 0.15) is 11.4 Å². The van der Waals surface area contributed by atoms with Crippen LogP contribution in [0.1, 0.15) is 19.7 Å². The van der Waals surface area contributed by atoms with Crippen LogP contribution in [0.5, 0.6) is 0 Å². The molecule has 0 aliphatic carbocycles. The van der Waals surface area contributed by atoms with Crippen LogP contribution in [-0.4, -0.2) is 25.1 Å². The second-order valence-electron chi connectivity index (χ2n) is 4.89. The van der Waals surface area contributed by atoms with Crippen molar-refractivity contribution in [1.82, 2.24) is 14.8 Å². The van der Waals surface area contributed by atoms with Gasteiger partial charge in [0.2, 0.25) is 0 Å². The molecule has 6 nitrogen and oxygen atoms in total. The quantitative estimate of drug-likeness (QED) is 0.758. The minimum atomic E-state index is -1.18. The lowest BCUT2D eigenvalue weighted by molar-refractivity contribution is 0.0655. The molecule has 108 valence electrons. The fourth-order valence-corrected chi connectivity index (χ4v) is 2.08. The number of hydrogen-bond acceptors (Lipinski definition) is 5. The average Bonchev–Trinajstić information content (AvgIpc) is 2.73. The summed E-state index contributed by atoms with van der Waals surface area (Å²) in [6, 6.07) is 2.38. The molecule has 0 saturated carbocycles. The van der Waals surface area contributed by atoms with E-state index in [-0.39, 0.29) is 10.7 Å². The Balaban J connectivity index is 2.64. The van der Waals surface area contributed by atoms with Crippen LogP contribution in [0.15, 0.2) is 12.1 Å². The molecule has 0 amide bonds. The number of anilines is 1. The van der Waals surface area contributed by atoms with Crippen molar-refractivity contribution >= 4 is 17.3 Å². The number of aliphatic hydroxyl groups is 1. The summed E-state index contributed by atoms with van der Waals surface area (Å²) in [5.74, 6) is -0.00532. The first-order valence-electron chi connectivity index (χ1n) is 5.77. The van der Waals surface area contributed by atoms with Gasteiger partial charge < -0.3 is 9.67 Å². The molecule has 0 aliphatic heterocycles. The largest absolute Gasteiger partial charge is 0.382 e. The van der Waals surface area contributed by atoms with Gasteiger partial charge in [-0.1, -0.05) is 11.6 Å². The summed E-state index contributed by atoms with van der Waals surface area (Å²) in [7, 11) is 1.65. The number of halogens is 2. The zero-order valence-electron chi connectivity index (χ0n) is 11.1. The first-order valence-corrected chi connectivity index (χ1v) is 6.15. The minimum Gasteiger partial charge on any atom is -0.382 e. The molecule has 0 spiro atoms. The highest BCUT2D eigenvalue weighted by Crippen LogP contribution is 2.32. The van der Waals surface area contributed by atoms with Gasteiger partial charge in [0, 0.05) is 18.7 Å². The third-order valence-corrected chi connectivity index (χ3v) is 3.13. The third kappa shape index (κ3) is 2.47. The molecule has 2 aromatic rings. The Morgan fingerprint density at radius 2 is 2.00 bits per heavy atom. The minimum absolute atomic E-state index is 0.102. The Hall–Kier alpha value is -1.70. The molecule has 0 aliphatic rings. The fraction of sp³-hybridized carbons (Fsp3) is 0.333. The van der Waals surface area contributed by atoms with Crippen molar-refractivity contribution in [2.24, 2.45) is 7.05 Å². The van der Waals surface area contributed by atoms with Gasteiger partial charge in [-0.05, 0) is 19.9 Å². The number of benzene rings is 1. The second-order valence-corrected chi connectivity index (χ2v) is 5.30. The van der Waals surface area contributed by atoms with Gasteiger partial charge in [0.25, 0.3) is 0 Å². The Kier molecular flexibility index (Phi) is 3.68. The number of rotatable bonds is 3. The number of nitrogens with one attached hydrogen (secondary N) is 1. The van der Waals surface area contributed by atoms with E-state index >= 15 is 0 Å². The maximum absolute atomic E-state index is 13.4. The predicted molar refractivity (Wildman–Crippen MR) is 72.1 cm³/mol. The number of aromatic nitrogens is 3. The van der Waals surface area contributed by atoms with E-state index < -0.39 is 11.4 Å². The molecule has 0 radical (unpaired) electrons. The average molecular weight is 301 g/mol. The topological polar surface area (TPSA) is 83.2 Å². The van der Waals surface area contributed by atoms with E-state index in [0.29, 0.717) is 17.2 Å². The van der Waals surface area contributed by atoms with E-state index in [0.717, 1.165) is 6.07 Å². The Bertz CT molecular complexity index is 652. The summed E-state index contributed by atoms with van der Waals surface area (Å²) in [5.41, 5.74) is 1.18. The molecular formula is C12H14ClFN4O2. The van der Waals surface area contributed by atoms with Gasteiger partial charge in [0.05, 0.1) is 10.7 Å². The maximum Gasteiger partial charge on any atom is 0.166 e. The lowest BCUT2D eigenvalue weighted by Gasteiger charge is -2.16. The maximum atomic E-state index is 13.4. The molecule has 0 unspecified atom stereocenters. The molecule has 1 aromatic carbocycles. The summed E-state index contributed by atoms with van der Waals surface area (Å²) < 4.78 is 14.9. The van der Waals surface area contributed by atoms with Gasteiger partial charge in [-0.2, -0.15) is 0 Å². The zero-order chi connectivity index (χ0) is 15.1. The van der Waals surface area contributed by atoms with Crippen molar-refractivity contribution in [3.05, 3.63) is 28.8 Å². The van der Waals surface area contributed by atoms with Crippen LogP contribution in [0.3, 0.4) is 0 Å². The first kappa shape index (κ1) is 14.7. The fourth-order valence-electron chi connectivity index (χ4n) is 1.92. The number of hydrogen-bond donors (Lipinski definition) is 3. The SMILES string of the molecule is Cn1c(-c2cc(Cl)c(F)cc2NO)nnc1C(C)(C)O. The molecule has 0 saturated heterocycles. The predicted octanol–water partition coefficient (Wildman–Crippen LogP) is 2.30. The summed E-state index contributed by atoms with van der Waals surface area (Å²) >= 11 is 5.75. The molecule has 20 heavy (non-hydrogen) atoms. The van der Waals surface area contributed by atoms with Crippen LogP contribution in [0.4, 0.5) is 10.1 Å². The normalized spacial score (nSPS) is 11.8. The van der Waals surface area contributed by atoms with Crippen LogP contribution >= 0.6 is 11.6 Å². The second kappa shape index (κ2) is 5.01. The van der Waals surface area contributed by atoms with E-state index in [4.69, 9.17) is 16.8 Å². The highest BCUT2D eigenvalue weighted by Gasteiger charge is 2.25. The number of nitrogens with zero attached hydrogens (tertiary/aromatic N) is 3. The van der Waals surface area contributed by atoms with Gasteiger partial charge in [-0.25, -0.2) is 4.39 Å². The Morgan fingerprint density at radius 1 is 1.35 bits per heavy atom. The summed E-state index contributed by atoms with van der Waals surface area (Å²) in [6.45, 7) is 3.15. The zero-order valence-corrected chi connectivity index (χ0v) is 11.9. The van der Waals surface area contributed by atoms with Crippen molar-refractivity contribution in [2.45, 2.75) is 19.4 Å². The molecule has 8 heteroatoms. The first-order chi connectivity index (χ1) is 9.25. The van der Waals surface area contributed by atoms with Gasteiger partial charge in [-0.3, -0.25) is 10.7 Å². The lowest BCUT2D eigenvalue weighted by Crippen LogP contribution is -2.21. The standard InChI is InChI=1S/C12H14ClFN4O2/c1-12(2,19)11-16-15-10(18(11)3)6-4-7(13)8(14)5-9(6)17-20/h4-5,17,19-20H,1-3H3. The van der Waals surface area contributed by atoms with Crippen LogP contribution in [0, 0.1) is 5.82 Å². The van der Waals surface area contributed by atoms with Gasteiger partial charge >= 0.3 is 0 Å². The van der Waals surface area contributed by atoms with Crippen LogP contribution < -0.4 is 5.48 Å². The van der Waals surface area contributed by atoms with E-state index in [1.54, 1.807) is 25.5 Å². The van der Waals surface area contributed by atoms with Crippen molar-refractivity contribution in [3.8, 4) is 11.4 Å². The molecule has 3 N–H and O–H groups in total. The highest BCUT2D eigenvalue weighted by molar-refractivity contribution is 6.31. The van der Waals surface area contributed by atoms with E-state index in [1.165, 1.54) is 6.07 Å². The summed E-state index contributed by atoms with van der Waals surface area (Å²) in [4.78, 5) is 0. The molecule has 1 aromatic heterocycles. The third-order valence-electron chi connectivity index (χ3n) is 2.84. The van der Waals surface area contributed by atoms with Crippen LogP contribution in [0.2, 0.25) is 5.02 Å². The van der Waals surface area contributed by atoms with Gasteiger partial charge in [0.15, 0.2) is 11.6 Å². The molecule has 0 fully saturated rings. The molecule has 0 bridgehead atoms. The lowest BCUT2D eigenvalue weighted by atomic mass is 10.1. The highest BCUT2D eigenvalue weighted by atomic mass is 35.5. The van der Waals surface area contributed by atoms with E-state index in [1.807, 2.05) is 5.48 Å². The molecular weight excluding hydrogens is 287 g/mol. The van der Waals surface area contributed by atoms with E-state index in [9.17, 15) is 9.50 Å². The van der Waals surface area contributed by atoms with Crippen molar-refractivity contribution in [2.75, 3.05) is 5.48 Å². The van der Waals surface area contributed by atoms with Crippen molar-refractivity contribution < 1.29 is 14.7 Å². The van der Waals surface area contributed by atoms with E-state index in [2.05, 4.69) is 10.2 Å². The molecule has 2 rings (SSSR count). The molecule has 1 heterocycles. The van der Waals surface area contributed by atoms with Crippen LogP contribution in [0.25, 0.3) is 11.4 Å². The van der Waals surface area contributed by atoms with Crippen molar-refractivity contribution in [3.63, 3.8) is 0 Å². The smallest absolute Gasteiger partial charge is 0.166 e. The Labute approximate surface area is 119 Å². The monoisotopic (exact) mass is 300 g/mol. The van der Waals surface area contributed by atoms with Gasteiger partial charge in [-0.15, -0.1) is 10.2 Å². The molecule has 0 atom stereocenters. The Morgan fingerprint density at radius 3 is 2.50 bits per heavy atom. The van der Waals surface area contributed by atoms with Crippen LogP contribution in [-0.2, 0) is 12.6 Å². The van der Waals surface area contributed by atoms with Crippen molar-refractivity contribution in [1.29, 1.82) is 0 Å².